The number of esters is 1. The van der Waals surface area contributed by atoms with Crippen molar-refractivity contribution in [3.63, 3.8) is 0 Å². The number of carbonyl (C=O) groups is 1. The van der Waals surface area contributed by atoms with E-state index in [1.54, 1.807) is 6.92 Å². The third-order valence-corrected chi connectivity index (χ3v) is 6.44. The SMILES string of the molecule is CC.CC(=O)OC1(C)CC2CC1C1C3CCC(C3)C21. The maximum atomic E-state index is 11.3. The first-order valence-corrected chi connectivity index (χ1v) is 8.28. The van der Waals surface area contributed by atoms with Crippen LogP contribution in [0.1, 0.15) is 59.8 Å². The van der Waals surface area contributed by atoms with Gasteiger partial charge in [0.1, 0.15) is 5.60 Å². The summed E-state index contributed by atoms with van der Waals surface area (Å²) in [6.45, 7) is 7.76. The minimum absolute atomic E-state index is 0.0836. The quantitative estimate of drug-likeness (QED) is 0.528. The Morgan fingerprint density at radius 2 is 1.68 bits per heavy atom. The Morgan fingerprint density at radius 1 is 1.05 bits per heavy atom. The molecule has 2 nitrogen and oxygen atoms in total. The molecule has 4 fully saturated rings. The van der Waals surface area contributed by atoms with Gasteiger partial charge < -0.3 is 4.74 Å². The zero-order valence-electron chi connectivity index (χ0n) is 12.8. The zero-order chi connectivity index (χ0) is 13.8. The van der Waals surface area contributed by atoms with Gasteiger partial charge in [0, 0.05) is 12.8 Å². The average Bonchev–Trinajstić information content (AvgIpc) is 3.05. The van der Waals surface area contributed by atoms with Crippen molar-refractivity contribution >= 4 is 5.97 Å². The Balaban J connectivity index is 0.000000528. The van der Waals surface area contributed by atoms with Crippen LogP contribution < -0.4 is 0 Å². The van der Waals surface area contributed by atoms with Crippen molar-refractivity contribution in [1.29, 1.82) is 0 Å². The Hall–Kier alpha value is -0.530. The number of fused-ring (bicyclic) bond motifs is 9. The summed E-state index contributed by atoms with van der Waals surface area (Å²) in [7, 11) is 0. The number of hydrogen-bond donors (Lipinski definition) is 0. The Kier molecular flexibility index (Phi) is 3.18. The molecule has 7 unspecified atom stereocenters. The van der Waals surface area contributed by atoms with Crippen molar-refractivity contribution < 1.29 is 9.53 Å². The third kappa shape index (κ3) is 1.78. The predicted octanol–water partition coefficient (Wildman–Crippen LogP) is 4.04. The highest BCUT2D eigenvalue weighted by Gasteiger charge is 2.66. The average molecular weight is 264 g/mol. The molecule has 0 spiro atoms. The molecule has 4 aliphatic rings. The summed E-state index contributed by atoms with van der Waals surface area (Å²) >= 11 is 0. The maximum absolute atomic E-state index is 11.3. The van der Waals surface area contributed by atoms with Gasteiger partial charge in [0.05, 0.1) is 0 Å². The maximum Gasteiger partial charge on any atom is 0.303 e. The van der Waals surface area contributed by atoms with Crippen LogP contribution in [0.2, 0.25) is 0 Å². The lowest BCUT2D eigenvalue weighted by atomic mass is 9.66. The minimum atomic E-state index is -0.123. The summed E-state index contributed by atoms with van der Waals surface area (Å²) in [5, 5.41) is 0. The fraction of sp³-hybridized carbons (Fsp3) is 0.941. The largest absolute Gasteiger partial charge is 0.459 e. The van der Waals surface area contributed by atoms with Crippen LogP contribution >= 0.6 is 0 Å². The molecule has 4 bridgehead atoms. The van der Waals surface area contributed by atoms with Gasteiger partial charge in [-0.25, -0.2) is 0 Å². The van der Waals surface area contributed by atoms with Gasteiger partial charge in [0.15, 0.2) is 0 Å². The molecule has 0 amide bonds. The molecular formula is C17H28O2. The number of carbonyl (C=O) groups excluding carboxylic acids is 1. The van der Waals surface area contributed by atoms with Crippen molar-refractivity contribution in [1.82, 2.24) is 0 Å². The lowest BCUT2D eigenvalue weighted by molar-refractivity contribution is -0.165. The van der Waals surface area contributed by atoms with E-state index in [0.717, 1.165) is 36.0 Å². The molecule has 0 aliphatic heterocycles. The first-order chi connectivity index (χ1) is 9.08. The zero-order valence-corrected chi connectivity index (χ0v) is 12.8. The highest BCUT2D eigenvalue weighted by Crippen LogP contribution is 2.70. The van der Waals surface area contributed by atoms with Crippen LogP contribution in [0, 0.1) is 35.5 Å². The standard InChI is InChI=1S/C15H22O2.C2H6/c1-8(16)17-15(2)7-11-6-12(15)14-10-4-3-9(5-10)13(11)14;1-2/h9-14H,3-7H2,1-2H3;1-2H3. The molecular weight excluding hydrogens is 236 g/mol. The first-order valence-electron chi connectivity index (χ1n) is 8.28. The van der Waals surface area contributed by atoms with Crippen LogP contribution in [0.25, 0.3) is 0 Å². The number of ether oxygens (including phenoxy) is 1. The van der Waals surface area contributed by atoms with E-state index < -0.39 is 0 Å². The minimum Gasteiger partial charge on any atom is -0.459 e. The normalized spacial score (nSPS) is 52.6. The smallest absolute Gasteiger partial charge is 0.303 e. The van der Waals surface area contributed by atoms with Gasteiger partial charge in [-0.05, 0) is 68.6 Å². The van der Waals surface area contributed by atoms with Gasteiger partial charge >= 0.3 is 5.97 Å². The number of rotatable bonds is 1. The van der Waals surface area contributed by atoms with E-state index >= 15 is 0 Å². The Labute approximate surface area is 117 Å². The van der Waals surface area contributed by atoms with E-state index in [2.05, 4.69) is 6.92 Å². The molecule has 4 rings (SSSR count). The third-order valence-electron chi connectivity index (χ3n) is 6.44. The van der Waals surface area contributed by atoms with Gasteiger partial charge in [0.2, 0.25) is 0 Å². The van der Waals surface area contributed by atoms with Gasteiger partial charge in [-0.15, -0.1) is 0 Å². The second-order valence-electron chi connectivity index (χ2n) is 7.20. The molecule has 4 saturated carbocycles. The molecule has 0 saturated heterocycles. The van der Waals surface area contributed by atoms with E-state index in [0.29, 0.717) is 5.92 Å². The van der Waals surface area contributed by atoms with E-state index in [1.807, 2.05) is 13.8 Å². The molecule has 0 N–H and O–H groups in total. The highest BCUT2D eigenvalue weighted by molar-refractivity contribution is 5.66. The van der Waals surface area contributed by atoms with Gasteiger partial charge in [-0.3, -0.25) is 4.79 Å². The molecule has 0 aromatic carbocycles. The van der Waals surface area contributed by atoms with Crippen molar-refractivity contribution in [2.75, 3.05) is 0 Å². The fourth-order valence-corrected chi connectivity index (χ4v) is 6.31. The van der Waals surface area contributed by atoms with Crippen LogP contribution in [0.5, 0.6) is 0 Å². The van der Waals surface area contributed by atoms with Crippen molar-refractivity contribution in [2.24, 2.45) is 35.5 Å². The molecule has 0 aromatic rings. The second-order valence-corrected chi connectivity index (χ2v) is 7.20. The van der Waals surface area contributed by atoms with E-state index in [1.165, 1.54) is 25.7 Å². The molecule has 2 heteroatoms. The van der Waals surface area contributed by atoms with Crippen LogP contribution in [-0.2, 0) is 9.53 Å². The summed E-state index contributed by atoms with van der Waals surface area (Å²) in [4.78, 5) is 11.3. The number of hydrogen-bond acceptors (Lipinski definition) is 2. The Bertz CT molecular complexity index is 377. The second kappa shape index (κ2) is 4.49. The lowest BCUT2D eigenvalue weighted by Crippen LogP contribution is -2.45. The highest BCUT2D eigenvalue weighted by atomic mass is 16.6. The van der Waals surface area contributed by atoms with Crippen molar-refractivity contribution in [2.45, 2.75) is 65.4 Å². The van der Waals surface area contributed by atoms with Crippen LogP contribution in [0.4, 0.5) is 0 Å². The summed E-state index contributed by atoms with van der Waals surface area (Å²) in [6.07, 6.45) is 6.90. The van der Waals surface area contributed by atoms with Crippen LogP contribution in [-0.4, -0.2) is 11.6 Å². The van der Waals surface area contributed by atoms with E-state index in [9.17, 15) is 4.79 Å². The fourth-order valence-electron chi connectivity index (χ4n) is 6.31. The molecule has 108 valence electrons. The molecule has 0 radical (unpaired) electrons. The first kappa shape index (κ1) is 13.5. The van der Waals surface area contributed by atoms with Crippen LogP contribution in [0.3, 0.4) is 0 Å². The van der Waals surface area contributed by atoms with E-state index in [4.69, 9.17) is 4.74 Å². The summed E-state index contributed by atoms with van der Waals surface area (Å²) < 4.78 is 5.71. The summed E-state index contributed by atoms with van der Waals surface area (Å²) in [5.74, 6) is 5.36. The molecule has 19 heavy (non-hydrogen) atoms. The van der Waals surface area contributed by atoms with Gasteiger partial charge in [-0.1, -0.05) is 13.8 Å². The summed E-state index contributed by atoms with van der Waals surface area (Å²) in [5.41, 5.74) is -0.123. The molecule has 7 atom stereocenters. The molecule has 0 heterocycles. The van der Waals surface area contributed by atoms with Crippen molar-refractivity contribution in [3.05, 3.63) is 0 Å². The van der Waals surface area contributed by atoms with E-state index in [-0.39, 0.29) is 11.6 Å². The molecule has 0 aromatic heterocycles. The topological polar surface area (TPSA) is 26.3 Å². The monoisotopic (exact) mass is 264 g/mol. The van der Waals surface area contributed by atoms with Gasteiger partial charge in [0.25, 0.3) is 0 Å². The van der Waals surface area contributed by atoms with Crippen LogP contribution in [0.15, 0.2) is 0 Å². The predicted molar refractivity (Wildman–Crippen MR) is 75.5 cm³/mol. The van der Waals surface area contributed by atoms with Gasteiger partial charge in [-0.2, -0.15) is 0 Å². The Morgan fingerprint density at radius 3 is 2.32 bits per heavy atom. The summed E-state index contributed by atoms with van der Waals surface area (Å²) in [6, 6.07) is 0. The van der Waals surface area contributed by atoms with Crippen molar-refractivity contribution in [3.8, 4) is 0 Å². The molecule has 4 aliphatic carbocycles. The lowest BCUT2D eigenvalue weighted by Gasteiger charge is -2.43.